The van der Waals surface area contributed by atoms with E-state index in [1.165, 1.54) is 36.0 Å². The fourth-order valence-electron chi connectivity index (χ4n) is 2.56. The first-order valence-corrected chi connectivity index (χ1v) is 10.3. The number of carbonyl (C=O) groups excluding carboxylic acids is 2. The Labute approximate surface area is 178 Å². The van der Waals surface area contributed by atoms with Crippen molar-refractivity contribution < 1.29 is 27.8 Å². The number of ketones is 1. The predicted octanol–water partition coefficient (Wildman–Crippen LogP) is 5.72. The maximum absolute atomic E-state index is 12.1. The lowest BCUT2D eigenvalue weighted by atomic mass is 10.1. The Balaban J connectivity index is 1.51. The molecule has 150 valence electrons. The summed E-state index contributed by atoms with van der Waals surface area (Å²) >= 11 is 4.87. The van der Waals surface area contributed by atoms with E-state index in [1.807, 2.05) is 36.4 Å². The molecule has 0 N–H and O–H groups in total. The average molecular weight is 481 g/mol. The maximum atomic E-state index is 12.1. The molecule has 0 aliphatic carbocycles. The third kappa shape index (κ3) is 5.77. The molecule has 0 spiro atoms. The summed E-state index contributed by atoms with van der Waals surface area (Å²) in [6.07, 6.45) is 0. The zero-order valence-electron chi connectivity index (χ0n) is 14.9. The molecule has 0 heterocycles. The minimum Gasteiger partial charge on any atom is -0.457 e. The molecule has 0 atom stereocenters. The first-order valence-electron chi connectivity index (χ1n) is 8.48. The van der Waals surface area contributed by atoms with Gasteiger partial charge in [0.05, 0.1) is 5.75 Å². The Morgan fingerprint density at radius 1 is 1.00 bits per heavy atom. The molecule has 3 rings (SSSR count). The number of fused-ring (bicyclic) bond motifs is 1. The smallest absolute Gasteiger partial charge is 0.387 e. The largest absolute Gasteiger partial charge is 0.457 e. The van der Waals surface area contributed by atoms with Crippen molar-refractivity contribution in [2.75, 3.05) is 12.4 Å². The van der Waals surface area contributed by atoms with Gasteiger partial charge in [-0.3, -0.25) is 9.59 Å². The van der Waals surface area contributed by atoms with Gasteiger partial charge in [-0.25, -0.2) is 0 Å². The highest BCUT2D eigenvalue weighted by atomic mass is 79.9. The van der Waals surface area contributed by atoms with Gasteiger partial charge in [-0.2, -0.15) is 8.78 Å². The number of hydrogen-bond acceptors (Lipinski definition) is 5. The van der Waals surface area contributed by atoms with Crippen LogP contribution in [0.5, 0.6) is 5.75 Å². The van der Waals surface area contributed by atoms with Crippen LogP contribution in [0.4, 0.5) is 8.78 Å². The average Bonchev–Trinajstić information content (AvgIpc) is 2.72. The second kappa shape index (κ2) is 9.84. The summed E-state index contributed by atoms with van der Waals surface area (Å²) in [5, 5.41) is 2.13. The van der Waals surface area contributed by atoms with E-state index in [2.05, 4.69) is 20.7 Å². The van der Waals surface area contributed by atoms with Crippen molar-refractivity contribution in [1.82, 2.24) is 0 Å². The molecule has 3 aromatic rings. The topological polar surface area (TPSA) is 52.6 Å². The number of hydrogen-bond donors (Lipinski definition) is 0. The van der Waals surface area contributed by atoms with Crippen LogP contribution in [-0.2, 0) is 9.53 Å². The quantitative estimate of drug-likeness (QED) is 0.234. The van der Waals surface area contributed by atoms with Crippen LogP contribution in [0.3, 0.4) is 0 Å². The SMILES string of the molecule is O=C(CSc1ccc2ccccc2c1Br)OCC(=O)c1ccc(OC(F)F)cc1. The van der Waals surface area contributed by atoms with E-state index < -0.39 is 25.0 Å². The van der Waals surface area contributed by atoms with Gasteiger partial charge in [0, 0.05) is 14.9 Å². The van der Waals surface area contributed by atoms with E-state index in [1.54, 1.807) is 0 Å². The molecule has 0 saturated carbocycles. The van der Waals surface area contributed by atoms with Crippen LogP contribution in [0, 0.1) is 0 Å². The molecule has 0 bridgehead atoms. The minimum atomic E-state index is -2.93. The molecule has 0 amide bonds. The fraction of sp³-hybridized carbons (Fsp3) is 0.143. The Morgan fingerprint density at radius 2 is 1.72 bits per heavy atom. The molecule has 0 aromatic heterocycles. The first kappa shape index (κ1) is 21.3. The highest BCUT2D eigenvalue weighted by Gasteiger charge is 2.13. The van der Waals surface area contributed by atoms with E-state index in [0.717, 1.165) is 20.1 Å². The number of esters is 1. The predicted molar refractivity (Wildman–Crippen MR) is 111 cm³/mol. The Kier molecular flexibility index (Phi) is 7.22. The zero-order chi connectivity index (χ0) is 20.8. The van der Waals surface area contributed by atoms with E-state index in [4.69, 9.17) is 4.74 Å². The van der Waals surface area contributed by atoms with Crippen molar-refractivity contribution in [1.29, 1.82) is 0 Å². The molecular weight excluding hydrogens is 466 g/mol. The number of carbonyl (C=O) groups is 2. The van der Waals surface area contributed by atoms with Crippen LogP contribution >= 0.6 is 27.7 Å². The Morgan fingerprint density at radius 3 is 2.45 bits per heavy atom. The van der Waals surface area contributed by atoms with Gasteiger partial charge in [-0.15, -0.1) is 11.8 Å². The van der Waals surface area contributed by atoms with E-state index in [0.29, 0.717) is 0 Å². The number of halogens is 3. The van der Waals surface area contributed by atoms with Gasteiger partial charge in [0.2, 0.25) is 0 Å². The van der Waals surface area contributed by atoms with Gasteiger partial charge >= 0.3 is 12.6 Å². The molecule has 0 unspecified atom stereocenters. The Bertz CT molecular complexity index is 1020. The fourth-order valence-corrected chi connectivity index (χ4v) is 4.15. The van der Waals surface area contributed by atoms with Gasteiger partial charge in [0.25, 0.3) is 0 Å². The van der Waals surface area contributed by atoms with Crippen molar-refractivity contribution in [2.24, 2.45) is 0 Å². The van der Waals surface area contributed by atoms with Crippen LogP contribution in [0.1, 0.15) is 10.4 Å². The van der Waals surface area contributed by atoms with Crippen molar-refractivity contribution in [3.05, 3.63) is 70.7 Å². The monoisotopic (exact) mass is 480 g/mol. The summed E-state index contributed by atoms with van der Waals surface area (Å²) in [6.45, 7) is -3.36. The van der Waals surface area contributed by atoms with Crippen molar-refractivity contribution in [2.45, 2.75) is 11.5 Å². The van der Waals surface area contributed by atoms with Crippen molar-refractivity contribution in [3.8, 4) is 5.75 Å². The highest BCUT2D eigenvalue weighted by Crippen LogP contribution is 2.34. The molecule has 8 heteroatoms. The number of alkyl halides is 2. The molecule has 4 nitrogen and oxygen atoms in total. The lowest BCUT2D eigenvalue weighted by molar-refractivity contribution is -0.139. The molecule has 3 aromatic carbocycles. The zero-order valence-corrected chi connectivity index (χ0v) is 17.3. The Hall–Kier alpha value is -2.45. The molecule has 0 saturated heterocycles. The third-order valence-electron chi connectivity index (χ3n) is 3.94. The maximum Gasteiger partial charge on any atom is 0.387 e. The van der Waals surface area contributed by atoms with Gasteiger partial charge in [-0.1, -0.05) is 30.3 Å². The summed E-state index contributed by atoms with van der Waals surface area (Å²) in [5.41, 5.74) is 0.240. The third-order valence-corrected chi connectivity index (χ3v) is 6.09. The second-order valence-electron chi connectivity index (χ2n) is 5.87. The lowest BCUT2D eigenvalue weighted by Crippen LogP contribution is -2.15. The van der Waals surface area contributed by atoms with Crippen molar-refractivity contribution >= 4 is 50.2 Å². The van der Waals surface area contributed by atoms with E-state index in [9.17, 15) is 18.4 Å². The van der Waals surface area contributed by atoms with Crippen LogP contribution in [-0.4, -0.2) is 30.7 Å². The molecule has 0 aliphatic heterocycles. The highest BCUT2D eigenvalue weighted by molar-refractivity contribution is 9.10. The number of Topliss-reactive ketones (excluding diaryl/α,β-unsaturated/α-hetero) is 1. The lowest BCUT2D eigenvalue weighted by Gasteiger charge is -2.08. The van der Waals surface area contributed by atoms with Crippen LogP contribution in [0.25, 0.3) is 10.8 Å². The normalized spacial score (nSPS) is 10.9. The molecule has 0 radical (unpaired) electrons. The van der Waals surface area contributed by atoms with Gasteiger partial charge in [-0.05, 0) is 57.0 Å². The molecule has 0 aliphatic rings. The van der Waals surface area contributed by atoms with Crippen LogP contribution in [0.2, 0.25) is 0 Å². The number of thioether (sulfide) groups is 1. The summed E-state index contributed by atoms with van der Waals surface area (Å²) in [5.74, 6) is -0.962. The van der Waals surface area contributed by atoms with E-state index >= 15 is 0 Å². The summed E-state index contributed by atoms with van der Waals surface area (Å²) < 4.78 is 34.4. The minimum absolute atomic E-state index is 0.0470. The number of rotatable bonds is 8. The summed E-state index contributed by atoms with van der Waals surface area (Å²) in [4.78, 5) is 25.0. The van der Waals surface area contributed by atoms with Gasteiger partial charge in [0.1, 0.15) is 5.75 Å². The second-order valence-corrected chi connectivity index (χ2v) is 7.68. The van der Waals surface area contributed by atoms with E-state index in [-0.39, 0.29) is 17.1 Å². The molecular formula is C21H15BrF2O4S. The van der Waals surface area contributed by atoms with Crippen LogP contribution in [0.15, 0.2) is 70.0 Å². The number of benzene rings is 3. The van der Waals surface area contributed by atoms with Gasteiger partial charge in [0.15, 0.2) is 12.4 Å². The molecule has 29 heavy (non-hydrogen) atoms. The number of ether oxygens (including phenoxy) is 2. The van der Waals surface area contributed by atoms with Crippen LogP contribution < -0.4 is 4.74 Å². The van der Waals surface area contributed by atoms with Gasteiger partial charge < -0.3 is 9.47 Å². The first-order chi connectivity index (χ1) is 13.9. The summed E-state index contributed by atoms with van der Waals surface area (Å²) in [6, 6.07) is 17.0. The summed E-state index contributed by atoms with van der Waals surface area (Å²) in [7, 11) is 0. The molecule has 0 fully saturated rings. The standard InChI is InChI=1S/C21H15BrF2O4S/c22-20-16-4-2-1-3-13(16)7-10-18(20)29-12-19(26)27-11-17(25)14-5-8-15(9-6-14)28-21(23)24/h1-10,21H,11-12H2. The van der Waals surface area contributed by atoms with Crippen molar-refractivity contribution in [3.63, 3.8) is 0 Å².